The highest BCUT2D eigenvalue weighted by atomic mass is 16.2. The van der Waals surface area contributed by atoms with Crippen molar-refractivity contribution in [3.05, 3.63) is 29.3 Å². The van der Waals surface area contributed by atoms with E-state index in [2.05, 4.69) is 42.3 Å². The minimum Gasteiger partial charge on any atom is -0.360 e. The van der Waals surface area contributed by atoms with Crippen LogP contribution in [0.5, 0.6) is 0 Å². The summed E-state index contributed by atoms with van der Waals surface area (Å²) < 4.78 is 0. The minimum absolute atomic E-state index is 0.0514. The Labute approximate surface area is 108 Å². The average molecular weight is 247 g/mol. The number of amides is 1. The predicted octanol–water partition coefficient (Wildman–Crippen LogP) is 0.821. The fourth-order valence-corrected chi connectivity index (χ4v) is 2.58. The first-order chi connectivity index (χ1) is 8.65. The van der Waals surface area contributed by atoms with Crippen LogP contribution in [-0.4, -0.2) is 31.6 Å². The number of nitrogens with zero attached hydrogens (tertiary/aromatic N) is 1. The molecular formula is C14H21N3O. The molecule has 1 atom stereocenters. The number of nitrogens with two attached hydrogens (primary N) is 1. The molecule has 1 aliphatic heterocycles. The molecule has 18 heavy (non-hydrogen) atoms. The van der Waals surface area contributed by atoms with E-state index in [1.165, 1.54) is 16.8 Å². The lowest BCUT2D eigenvalue weighted by Crippen LogP contribution is -2.57. The van der Waals surface area contributed by atoms with Gasteiger partial charge in [0.25, 0.3) is 0 Å². The third-order valence-corrected chi connectivity index (χ3v) is 3.44. The molecule has 4 heteroatoms. The summed E-state index contributed by atoms with van der Waals surface area (Å²) in [6, 6.07) is 6.35. The summed E-state index contributed by atoms with van der Waals surface area (Å²) in [4.78, 5) is 13.9. The molecule has 0 spiro atoms. The quantitative estimate of drug-likeness (QED) is 0.831. The summed E-state index contributed by atoms with van der Waals surface area (Å²) in [5.74, 6) is 0.0574. The molecule has 1 heterocycles. The van der Waals surface area contributed by atoms with Crippen molar-refractivity contribution < 1.29 is 4.79 Å². The van der Waals surface area contributed by atoms with E-state index in [9.17, 15) is 4.79 Å². The number of aryl methyl sites for hydroxylation is 2. The van der Waals surface area contributed by atoms with Crippen LogP contribution in [0.3, 0.4) is 0 Å². The molecule has 0 aromatic heterocycles. The Morgan fingerprint density at radius 3 is 2.94 bits per heavy atom. The number of carbonyl (C=O) groups is 1. The Bertz CT molecular complexity index is 445. The molecule has 0 radical (unpaired) electrons. The number of hydrogen-bond acceptors (Lipinski definition) is 3. The van der Waals surface area contributed by atoms with E-state index in [4.69, 9.17) is 5.73 Å². The number of benzene rings is 1. The number of hydrogen-bond donors (Lipinski definition) is 2. The fraction of sp³-hybridized carbons (Fsp3) is 0.500. The van der Waals surface area contributed by atoms with Gasteiger partial charge in [-0.25, -0.2) is 0 Å². The van der Waals surface area contributed by atoms with Gasteiger partial charge in [-0.05, 0) is 24.5 Å². The van der Waals surface area contributed by atoms with E-state index in [0.717, 1.165) is 13.0 Å². The molecule has 0 bridgehead atoms. The van der Waals surface area contributed by atoms with Gasteiger partial charge in [-0.1, -0.05) is 25.1 Å². The van der Waals surface area contributed by atoms with Crippen molar-refractivity contribution in [3.63, 3.8) is 0 Å². The monoisotopic (exact) mass is 247 g/mol. The van der Waals surface area contributed by atoms with Crippen LogP contribution in [0, 0.1) is 6.92 Å². The third-order valence-electron chi connectivity index (χ3n) is 3.44. The summed E-state index contributed by atoms with van der Waals surface area (Å²) in [7, 11) is 0. The molecule has 98 valence electrons. The van der Waals surface area contributed by atoms with Crippen LogP contribution < -0.4 is 16.0 Å². The van der Waals surface area contributed by atoms with Gasteiger partial charge in [0.15, 0.2) is 0 Å². The van der Waals surface area contributed by atoms with Gasteiger partial charge in [0, 0.05) is 18.8 Å². The maximum atomic E-state index is 11.7. The zero-order valence-electron chi connectivity index (χ0n) is 11.1. The molecular weight excluding hydrogens is 226 g/mol. The number of piperazine rings is 1. The number of para-hydroxylation sites is 1. The summed E-state index contributed by atoms with van der Waals surface area (Å²) >= 11 is 0. The highest BCUT2D eigenvalue weighted by molar-refractivity contribution is 5.84. The molecule has 1 unspecified atom stereocenters. The maximum absolute atomic E-state index is 11.7. The number of rotatable bonds is 3. The van der Waals surface area contributed by atoms with Gasteiger partial charge < -0.3 is 16.0 Å². The Morgan fingerprint density at radius 1 is 1.50 bits per heavy atom. The van der Waals surface area contributed by atoms with Gasteiger partial charge in [0.1, 0.15) is 0 Å². The molecule has 1 saturated heterocycles. The van der Waals surface area contributed by atoms with E-state index < -0.39 is 0 Å². The number of anilines is 1. The Morgan fingerprint density at radius 2 is 2.28 bits per heavy atom. The smallest absolute Gasteiger partial charge is 0.239 e. The van der Waals surface area contributed by atoms with Crippen molar-refractivity contribution in [2.45, 2.75) is 26.3 Å². The van der Waals surface area contributed by atoms with Crippen LogP contribution in [0.4, 0.5) is 5.69 Å². The first-order valence-electron chi connectivity index (χ1n) is 6.48. The largest absolute Gasteiger partial charge is 0.360 e. The van der Waals surface area contributed by atoms with E-state index in [1.807, 2.05) is 0 Å². The van der Waals surface area contributed by atoms with Crippen molar-refractivity contribution in [1.82, 2.24) is 5.32 Å². The lowest BCUT2D eigenvalue weighted by atomic mass is 10.0. The van der Waals surface area contributed by atoms with Crippen molar-refractivity contribution in [2.75, 3.05) is 24.5 Å². The van der Waals surface area contributed by atoms with Crippen molar-refractivity contribution in [3.8, 4) is 0 Å². The lowest BCUT2D eigenvalue weighted by Gasteiger charge is -2.36. The zero-order chi connectivity index (χ0) is 13.1. The molecule has 1 aliphatic rings. The fourth-order valence-electron chi connectivity index (χ4n) is 2.58. The standard InChI is InChI=1S/C14H21N3O/c1-3-11-6-4-5-10(2)14(11)17-8-12(7-15)16-13(18)9-17/h4-6,12H,3,7-9,15H2,1-2H3,(H,16,18). The summed E-state index contributed by atoms with van der Waals surface area (Å²) in [5, 5.41) is 2.92. The molecule has 4 nitrogen and oxygen atoms in total. The molecule has 0 saturated carbocycles. The van der Waals surface area contributed by atoms with E-state index in [0.29, 0.717) is 13.1 Å². The first-order valence-corrected chi connectivity index (χ1v) is 6.48. The number of carbonyl (C=O) groups excluding carboxylic acids is 1. The van der Waals surface area contributed by atoms with Crippen molar-refractivity contribution >= 4 is 11.6 Å². The van der Waals surface area contributed by atoms with Crippen LogP contribution in [-0.2, 0) is 11.2 Å². The lowest BCUT2D eigenvalue weighted by molar-refractivity contribution is -0.121. The second kappa shape index (κ2) is 5.40. The zero-order valence-corrected chi connectivity index (χ0v) is 11.1. The van der Waals surface area contributed by atoms with Gasteiger partial charge in [-0.3, -0.25) is 4.79 Å². The normalized spacial score (nSPS) is 19.8. The average Bonchev–Trinajstić information content (AvgIpc) is 2.37. The predicted molar refractivity (Wildman–Crippen MR) is 73.8 cm³/mol. The summed E-state index contributed by atoms with van der Waals surface area (Å²) in [6.45, 7) is 5.94. The van der Waals surface area contributed by atoms with Crippen LogP contribution in [0.2, 0.25) is 0 Å². The highest BCUT2D eigenvalue weighted by Crippen LogP contribution is 2.26. The van der Waals surface area contributed by atoms with Crippen LogP contribution in [0.1, 0.15) is 18.1 Å². The molecule has 2 rings (SSSR count). The van der Waals surface area contributed by atoms with Crippen LogP contribution in [0.25, 0.3) is 0 Å². The Balaban J connectivity index is 2.33. The summed E-state index contributed by atoms with van der Waals surface area (Å²) in [6.07, 6.45) is 0.975. The van der Waals surface area contributed by atoms with Crippen LogP contribution in [0.15, 0.2) is 18.2 Å². The van der Waals surface area contributed by atoms with Crippen molar-refractivity contribution in [1.29, 1.82) is 0 Å². The second-order valence-corrected chi connectivity index (χ2v) is 4.82. The topological polar surface area (TPSA) is 58.4 Å². The van der Waals surface area contributed by atoms with Gasteiger partial charge in [-0.15, -0.1) is 0 Å². The highest BCUT2D eigenvalue weighted by Gasteiger charge is 2.25. The molecule has 1 aromatic carbocycles. The van der Waals surface area contributed by atoms with E-state index in [1.54, 1.807) is 0 Å². The first kappa shape index (κ1) is 12.9. The van der Waals surface area contributed by atoms with Gasteiger partial charge >= 0.3 is 0 Å². The van der Waals surface area contributed by atoms with Gasteiger partial charge in [0.2, 0.25) is 5.91 Å². The molecule has 1 aromatic rings. The Hall–Kier alpha value is -1.55. The molecule has 1 fully saturated rings. The van der Waals surface area contributed by atoms with Gasteiger partial charge in [0.05, 0.1) is 12.6 Å². The van der Waals surface area contributed by atoms with E-state index in [-0.39, 0.29) is 11.9 Å². The third kappa shape index (κ3) is 2.48. The second-order valence-electron chi connectivity index (χ2n) is 4.82. The minimum atomic E-state index is 0.0514. The van der Waals surface area contributed by atoms with Crippen molar-refractivity contribution in [2.24, 2.45) is 5.73 Å². The maximum Gasteiger partial charge on any atom is 0.239 e. The van der Waals surface area contributed by atoms with Gasteiger partial charge in [-0.2, -0.15) is 0 Å². The van der Waals surface area contributed by atoms with E-state index >= 15 is 0 Å². The molecule has 1 amide bonds. The number of nitrogens with one attached hydrogen (secondary N) is 1. The summed E-state index contributed by atoms with van der Waals surface area (Å²) in [5.41, 5.74) is 9.39. The molecule has 3 N–H and O–H groups in total. The van der Waals surface area contributed by atoms with Crippen LogP contribution >= 0.6 is 0 Å². The Kier molecular flexibility index (Phi) is 3.87. The SMILES string of the molecule is CCc1cccc(C)c1N1CC(=O)NC(CN)C1. The molecule has 0 aliphatic carbocycles.